The monoisotopic (exact) mass is 400 g/mol. The van der Waals surface area contributed by atoms with Crippen LogP contribution in [0.2, 0.25) is 0 Å². The zero-order chi connectivity index (χ0) is 21.0. The molecule has 0 radical (unpaired) electrons. The van der Waals surface area contributed by atoms with Crippen LogP contribution in [0.3, 0.4) is 0 Å². The predicted molar refractivity (Wildman–Crippen MR) is 124 cm³/mol. The molecule has 0 saturated carbocycles. The molecule has 0 aliphatic rings. The van der Waals surface area contributed by atoms with Gasteiger partial charge in [-0.05, 0) is 24.6 Å². The molecule has 5 rings (SSSR count). The molecule has 4 nitrogen and oxygen atoms in total. The van der Waals surface area contributed by atoms with Gasteiger partial charge in [0.2, 0.25) is 0 Å². The van der Waals surface area contributed by atoms with Gasteiger partial charge >= 0.3 is 0 Å². The molecule has 0 N–H and O–H groups in total. The van der Waals surface area contributed by atoms with Crippen molar-refractivity contribution in [1.82, 2.24) is 19.9 Å². The second-order valence-electron chi connectivity index (χ2n) is 7.26. The average molecular weight is 400 g/mol. The first kappa shape index (κ1) is 18.8. The third-order valence-corrected chi connectivity index (χ3v) is 5.14. The topological polar surface area (TPSA) is 51.6 Å². The van der Waals surface area contributed by atoms with E-state index in [1.807, 2.05) is 92.0 Å². The van der Waals surface area contributed by atoms with Gasteiger partial charge in [0, 0.05) is 34.1 Å². The Bertz CT molecular complexity index is 1270. The van der Waals surface area contributed by atoms with Crippen LogP contribution >= 0.6 is 0 Å². The zero-order valence-corrected chi connectivity index (χ0v) is 17.1. The number of hydrogen-bond donors (Lipinski definition) is 0. The van der Waals surface area contributed by atoms with Crippen molar-refractivity contribution in [1.29, 1.82) is 0 Å². The summed E-state index contributed by atoms with van der Waals surface area (Å²) in [5.74, 6) is 1.97. The Hall–Kier alpha value is -4.18. The minimum absolute atomic E-state index is 0.649. The van der Waals surface area contributed by atoms with Crippen LogP contribution in [0.25, 0.3) is 45.3 Å². The van der Waals surface area contributed by atoms with E-state index in [9.17, 15) is 0 Å². The maximum absolute atomic E-state index is 4.82. The number of aromatic nitrogens is 4. The van der Waals surface area contributed by atoms with Gasteiger partial charge in [0.25, 0.3) is 0 Å². The van der Waals surface area contributed by atoms with E-state index in [1.54, 1.807) is 0 Å². The second-order valence-corrected chi connectivity index (χ2v) is 7.26. The van der Waals surface area contributed by atoms with Gasteiger partial charge in [0.1, 0.15) is 0 Å². The van der Waals surface area contributed by atoms with E-state index in [0.29, 0.717) is 17.5 Å². The fourth-order valence-electron chi connectivity index (χ4n) is 3.55. The summed E-state index contributed by atoms with van der Waals surface area (Å²) >= 11 is 0. The lowest BCUT2D eigenvalue weighted by Gasteiger charge is -2.10. The van der Waals surface area contributed by atoms with Crippen LogP contribution in [0, 0.1) is 6.92 Å². The molecule has 0 saturated heterocycles. The minimum Gasteiger partial charge on any atom is -0.261 e. The third-order valence-electron chi connectivity index (χ3n) is 5.14. The first-order valence-corrected chi connectivity index (χ1v) is 10.2. The molecular weight excluding hydrogens is 380 g/mol. The smallest absolute Gasteiger partial charge is 0.164 e. The van der Waals surface area contributed by atoms with Crippen LogP contribution in [-0.4, -0.2) is 19.9 Å². The number of hydrogen-bond acceptors (Lipinski definition) is 4. The fraction of sp³-hybridized carbons (Fsp3) is 0.0370. The van der Waals surface area contributed by atoms with Crippen LogP contribution in [-0.2, 0) is 0 Å². The molecule has 2 heterocycles. The molecule has 31 heavy (non-hydrogen) atoms. The molecule has 3 aromatic carbocycles. The van der Waals surface area contributed by atoms with Crippen molar-refractivity contribution < 1.29 is 0 Å². The highest BCUT2D eigenvalue weighted by Gasteiger charge is 2.13. The Morgan fingerprint density at radius 1 is 0.484 bits per heavy atom. The summed E-state index contributed by atoms with van der Waals surface area (Å²) in [4.78, 5) is 18.8. The number of rotatable bonds is 4. The lowest BCUT2D eigenvalue weighted by atomic mass is 10.0. The Morgan fingerprint density at radius 3 is 1.58 bits per heavy atom. The first-order valence-electron chi connectivity index (χ1n) is 10.2. The molecule has 2 aromatic heterocycles. The number of benzene rings is 3. The van der Waals surface area contributed by atoms with Gasteiger partial charge in [0.15, 0.2) is 17.5 Å². The summed E-state index contributed by atoms with van der Waals surface area (Å²) < 4.78 is 0. The first-order chi connectivity index (χ1) is 15.3. The molecule has 0 spiro atoms. The standard InChI is InChI=1S/C27H20N4/c1-19-24(16-9-17-28-19)22-14-8-15-23(18-22)27-30-25(20-10-4-2-5-11-20)29-26(31-27)21-12-6-3-7-13-21/h2-18H,1H3. The van der Waals surface area contributed by atoms with E-state index in [2.05, 4.69) is 23.2 Å². The van der Waals surface area contributed by atoms with Gasteiger partial charge in [-0.1, -0.05) is 84.9 Å². The molecular formula is C27H20N4. The molecule has 0 bridgehead atoms. The van der Waals surface area contributed by atoms with Gasteiger partial charge in [-0.15, -0.1) is 0 Å². The van der Waals surface area contributed by atoms with Crippen LogP contribution < -0.4 is 0 Å². The summed E-state index contributed by atoms with van der Waals surface area (Å²) in [6.07, 6.45) is 1.81. The predicted octanol–water partition coefficient (Wildman–Crippen LogP) is 6.24. The molecule has 0 aliphatic carbocycles. The summed E-state index contributed by atoms with van der Waals surface area (Å²) in [5.41, 5.74) is 6.05. The molecule has 0 unspecified atom stereocenters. The Morgan fingerprint density at radius 2 is 1.00 bits per heavy atom. The second kappa shape index (κ2) is 8.28. The Kier molecular flexibility index (Phi) is 5.03. The van der Waals surface area contributed by atoms with E-state index >= 15 is 0 Å². The largest absolute Gasteiger partial charge is 0.261 e. The fourth-order valence-corrected chi connectivity index (χ4v) is 3.55. The molecule has 0 fully saturated rings. The van der Waals surface area contributed by atoms with E-state index in [4.69, 9.17) is 15.0 Å². The van der Waals surface area contributed by atoms with Crippen molar-refractivity contribution in [3.63, 3.8) is 0 Å². The minimum atomic E-state index is 0.649. The summed E-state index contributed by atoms with van der Waals surface area (Å²) in [6, 6.07) is 32.3. The molecule has 0 atom stereocenters. The third kappa shape index (κ3) is 3.96. The van der Waals surface area contributed by atoms with Crippen molar-refractivity contribution >= 4 is 0 Å². The average Bonchev–Trinajstić information content (AvgIpc) is 2.85. The molecule has 148 valence electrons. The number of nitrogens with zero attached hydrogens (tertiary/aromatic N) is 4. The van der Waals surface area contributed by atoms with Gasteiger partial charge in [-0.2, -0.15) is 0 Å². The van der Waals surface area contributed by atoms with Gasteiger partial charge in [-0.3, -0.25) is 4.98 Å². The summed E-state index contributed by atoms with van der Waals surface area (Å²) in [6.45, 7) is 2.02. The van der Waals surface area contributed by atoms with Crippen LogP contribution in [0.15, 0.2) is 103 Å². The maximum Gasteiger partial charge on any atom is 0.164 e. The van der Waals surface area contributed by atoms with Gasteiger partial charge < -0.3 is 0 Å². The van der Waals surface area contributed by atoms with Gasteiger partial charge in [0.05, 0.1) is 0 Å². The SMILES string of the molecule is Cc1ncccc1-c1cccc(-c2nc(-c3ccccc3)nc(-c3ccccc3)n2)c1. The van der Waals surface area contributed by atoms with E-state index in [-0.39, 0.29) is 0 Å². The lowest BCUT2D eigenvalue weighted by Crippen LogP contribution is -2.00. The molecule has 0 aliphatic heterocycles. The van der Waals surface area contributed by atoms with Crippen molar-refractivity contribution in [3.8, 4) is 45.3 Å². The van der Waals surface area contributed by atoms with Crippen molar-refractivity contribution in [3.05, 3.63) is 109 Å². The Labute approximate surface area is 181 Å². The van der Waals surface area contributed by atoms with E-state index in [0.717, 1.165) is 33.5 Å². The highest BCUT2D eigenvalue weighted by molar-refractivity contribution is 5.73. The Balaban J connectivity index is 1.67. The maximum atomic E-state index is 4.82. The van der Waals surface area contributed by atoms with Crippen molar-refractivity contribution in [2.45, 2.75) is 6.92 Å². The normalized spacial score (nSPS) is 10.7. The molecule has 5 aromatic rings. The number of aryl methyl sites for hydroxylation is 1. The van der Waals surface area contributed by atoms with Crippen LogP contribution in [0.4, 0.5) is 0 Å². The van der Waals surface area contributed by atoms with Crippen LogP contribution in [0.1, 0.15) is 5.69 Å². The van der Waals surface area contributed by atoms with Gasteiger partial charge in [-0.25, -0.2) is 15.0 Å². The van der Waals surface area contributed by atoms with Crippen molar-refractivity contribution in [2.24, 2.45) is 0 Å². The molecule has 4 heteroatoms. The number of pyridine rings is 1. The highest BCUT2D eigenvalue weighted by Crippen LogP contribution is 2.28. The summed E-state index contributed by atoms with van der Waals surface area (Å²) in [7, 11) is 0. The molecule has 0 amide bonds. The highest BCUT2D eigenvalue weighted by atomic mass is 15.0. The zero-order valence-electron chi connectivity index (χ0n) is 17.1. The van der Waals surface area contributed by atoms with Crippen LogP contribution in [0.5, 0.6) is 0 Å². The van der Waals surface area contributed by atoms with E-state index in [1.165, 1.54) is 0 Å². The lowest BCUT2D eigenvalue weighted by molar-refractivity contribution is 1.07. The van der Waals surface area contributed by atoms with Crippen molar-refractivity contribution in [2.75, 3.05) is 0 Å². The quantitative estimate of drug-likeness (QED) is 0.358. The summed E-state index contributed by atoms with van der Waals surface area (Å²) in [5, 5.41) is 0. The van der Waals surface area contributed by atoms with E-state index < -0.39 is 0 Å².